The van der Waals surface area contributed by atoms with Crippen molar-refractivity contribution in [3.8, 4) is 0 Å². The van der Waals surface area contributed by atoms with Crippen LogP contribution in [-0.4, -0.2) is 11.5 Å². The van der Waals surface area contributed by atoms with E-state index in [1.54, 1.807) is 11.3 Å². The largest absolute Gasteiger partial charge is 0.311 e. The van der Waals surface area contributed by atoms with Crippen molar-refractivity contribution in [3.63, 3.8) is 0 Å². The van der Waals surface area contributed by atoms with Gasteiger partial charge in [0, 0.05) is 24.2 Å². The average Bonchev–Trinajstić information content (AvgIpc) is 2.33. The van der Waals surface area contributed by atoms with Gasteiger partial charge in [0.2, 0.25) is 0 Å². The Morgan fingerprint density at radius 2 is 2.15 bits per heavy atom. The van der Waals surface area contributed by atoms with Crippen LogP contribution >= 0.6 is 11.3 Å². The zero-order chi connectivity index (χ0) is 9.90. The predicted octanol–water partition coefficient (Wildman–Crippen LogP) is 2.59. The van der Waals surface area contributed by atoms with Crippen LogP contribution < -0.4 is 5.32 Å². The fourth-order valence-corrected chi connectivity index (χ4v) is 1.81. The normalized spacial score (nSPS) is 12.0. The summed E-state index contributed by atoms with van der Waals surface area (Å²) in [5.74, 6) is 0. The zero-order valence-electron chi connectivity index (χ0n) is 8.85. The lowest BCUT2D eigenvalue weighted by Gasteiger charge is -2.18. The van der Waals surface area contributed by atoms with Gasteiger partial charge in [-0.2, -0.15) is 0 Å². The van der Waals surface area contributed by atoms with Gasteiger partial charge >= 0.3 is 0 Å². The Hall–Kier alpha value is -0.410. The minimum atomic E-state index is 0.361. The first-order valence-electron chi connectivity index (χ1n) is 4.59. The molecule has 1 aromatic heterocycles. The van der Waals surface area contributed by atoms with Gasteiger partial charge in [0.15, 0.2) is 0 Å². The number of nitrogens with zero attached hydrogens (tertiary/aromatic N) is 1. The molecule has 0 aliphatic carbocycles. The number of aromatic nitrogens is 1. The van der Waals surface area contributed by atoms with Crippen molar-refractivity contribution in [2.75, 3.05) is 6.54 Å². The lowest BCUT2D eigenvalue weighted by molar-refractivity contribution is 0.380. The highest BCUT2D eigenvalue weighted by molar-refractivity contribution is 7.11. The summed E-state index contributed by atoms with van der Waals surface area (Å²) < 4.78 is 0. The Labute approximate surface area is 84.4 Å². The average molecular weight is 198 g/mol. The van der Waals surface area contributed by atoms with E-state index in [0.29, 0.717) is 5.41 Å². The molecule has 1 rings (SSSR count). The molecule has 0 aliphatic rings. The fraction of sp³-hybridized carbons (Fsp3) is 0.700. The van der Waals surface area contributed by atoms with Crippen molar-refractivity contribution in [1.29, 1.82) is 0 Å². The first-order valence-corrected chi connectivity index (χ1v) is 5.41. The molecule has 0 amide bonds. The molecule has 0 atom stereocenters. The van der Waals surface area contributed by atoms with E-state index in [9.17, 15) is 0 Å². The van der Waals surface area contributed by atoms with E-state index in [0.717, 1.165) is 18.1 Å². The maximum Gasteiger partial charge on any atom is 0.0897 e. The summed E-state index contributed by atoms with van der Waals surface area (Å²) in [6.45, 7) is 10.7. The molecule has 3 heteroatoms. The molecule has 0 aliphatic heterocycles. The van der Waals surface area contributed by atoms with Gasteiger partial charge in [-0.25, -0.2) is 4.98 Å². The highest BCUT2D eigenvalue weighted by Gasteiger charge is 2.08. The molecule has 2 nitrogen and oxygen atoms in total. The zero-order valence-corrected chi connectivity index (χ0v) is 9.66. The number of thiazole rings is 1. The van der Waals surface area contributed by atoms with Gasteiger partial charge in [0.05, 0.1) is 5.01 Å². The molecule has 0 spiro atoms. The molecule has 74 valence electrons. The van der Waals surface area contributed by atoms with E-state index in [-0.39, 0.29) is 0 Å². The number of hydrogen-bond donors (Lipinski definition) is 1. The minimum absolute atomic E-state index is 0.361. The van der Waals surface area contributed by atoms with E-state index in [4.69, 9.17) is 0 Å². The predicted molar refractivity (Wildman–Crippen MR) is 58.0 cm³/mol. The topological polar surface area (TPSA) is 24.9 Å². The van der Waals surface area contributed by atoms with E-state index in [2.05, 4.69) is 31.1 Å². The van der Waals surface area contributed by atoms with Crippen LogP contribution in [0.15, 0.2) is 6.20 Å². The smallest absolute Gasteiger partial charge is 0.0897 e. The van der Waals surface area contributed by atoms with Crippen molar-refractivity contribution < 1.29 is 0 Å². The SMILES string of the molecule is Cc1ncc(CNCC(C)(C)C)s1. The second-order valence-electron chi connectivity index (χ2n) is 4.51. The van der Waals surface area contributed by atoms with E-state index in [1.807, 2.05) is 13.1 Å². The van der Waals surface area contributed by atoms with E-state index >= 15 is 0 Å². The quantitative estimate of drug-likeness (QED) is 0.807. The molecular formula is C10H18N2S. The van der Waals surface area contributed by atoms with Crippen LogP contribution in [0.3, 0.4) is 0 Å². The number of hydrogen-bond acceptors (Lipinski definition) is 3. The van der Waals surface area contributed by atoms with Gasteiger partial charge in [-0.1, -0.05) is 20.8 Å². The second-order valence-corrected chi connectivity index (χ2v) is 5.83. The molecule has 13 heavy (non-hydrogen) atoms. The molecule has 1 heterocycles. The Bertz CT molecular complexity index is 260. The van der Waals surface area contributed by atoms with Crippen LogP contribution in [0.25, 0.3) is 0 Å². The molecule has 0 radical (unpaired) electrons. The van der Waals surface area contributed by atoms with Gasteiger partial charge < -0.3 is 5.32 Å². The summed E-state index contributed by atoms with van der Waals surface area (Å²) in [6, 6.07) is 0. The molecule has 0 aromatic carbocycles. The third-order valence-electron chi connectivity index (χ3n) is 1.62. The number of nitrogens with one attached hydrogen (secondary N) is 1. The minimum Gasteiger partial charge on any atom is -0.311 e. The van der Waals surface area contributed by atoms with Crippen LogP contribution in [0.1, 0.15) is 30.7 Å². The molecule has 0 unspecified atom stereocenters. The lowest BCUT2D eigenvalue weighted by atomic mass is 9.97. The van der Waals surface area contributed by atoms with Crippen molar-refractivity contribution in [3.05, 3.63) is 16.1 Å². The summed E-state index contributed by atoms with van der Waals surface area (Å²) in [5, 5.41) is 4.57. The first-order chi connectivity index (χ1) is 5.97. The van der Waals surface area contributed by atoms with Crippen LogP contribution in [0, 0.1) is 12.3 Å². The Kier molecular flexibility index (Phi) is 3.45. The molecule has 0 bridgehead atoms. The summed E-state index contributed by atoms with van der Waals surface area (Å²) in [6.07, 6.45) is 1.95. The Morgan fingerprint density at radius 1 is 1.46 bits per heavy atom. The molecule has 0 saturated carbocycles. The number of aryl methyl sites for hydroxylation is 1. The number of rotatable bonds is 3. The highest BCUT2D eigenvalue weighted by Crippen LogP contribution is 2.13. The van der Waals surface area contributed by atoms with Gasteiger partial charge in [-0.3, -0.25) is 0 Å². The maximum absolute atomic E-state index is 4.21. The molecule has 0 saturated heterocycles. The van der Waals surface area contributed by atoms with Gasteiger partial charge in [-0.15, -0.1) is 11.3 Å². The van der Waals surface area contributed by atoms with Crippen LogP contribution in [0.2, 0.25) is 0 Å². The van der Waals surface area contributed by atoms with Crippen molar-refractivity contribution in [2.24, 2.45) is 5.41 Å². The van der Waals surface area contributed by atoms with Crippen LogP contribution in [0.5, 0.6) is 0 Å². The third kappa shape index (κ3) is 4.39. The summed E-state index contributed by atoms with van der Waals surface area (Å²) >= 11 is 1.76. The van der Waals surface area contributed by atoms with Crippen LogP contribution in [0.4, 0.5) is 0 Å². The van der Waals surface area contributed by atoms with E-state index < -0.39 is 0 Å². The van der Waals surface area contributed by atoms with Crippen LogP contribution in [-0.2, 0) is 6.54 Å². The second kappa shape index (κ2) is 4.20. The summed E-state index contributed by atoms with van der Waals surface area (Å²) in [7, 11) is 0. The van der Waals surface area contributed by atoms with E-state index in [1.165, 1.54) is 4.88 Å². The standard InChI is InChI=1S/C10H18N2S/c1-8-12-6-9(13-8)5-11-7-10(2,3)4/h6,11H,5,7H2,1-4H3. The Balaban J connectivity index is 2.28. The third-order valence-corrected chi connectivity index (χ3v) is 2.54. The van der Waals surface area contributed by atoms with Gasteiger partial charge in [0.25, 0.3) is 0 Å². The maximum atomic E-state index is 4.21. The highest BCUT2D eigenvalue weighted by atomic mass is 32.1. The summed E-state index contributed by atoms with van der Waals surface area (Å²) in [4.78, 5) is 5.53. The molecular weight excluding hydrogens is 180 g/mol. The first kappa shape index (κ1) is 10.7. The monoisotopic (exact) mass is 198 g/mol. The fourth-order valence-electron chi connectivity index (χ4n) is 1.05. The van der Waals surface area contributed by atoms with Crippen molar-refractivity contribution in [1.82, 2.24) is 10.3 Å². The summed E-state index contributed by atoms with van der Waals surface area (Å²) in [5.41, 5.74) is 0.361. The Morgan fingerprint density at radius 3 is 2.62 bits per heavy atom. The molecule has 1 N–H and O–H groups in total. The molecule has 0 fully saturated rings. The van der Waals surface area contributed by atoms with Gasteiger partial charge in [-0.05, 0) is 12.3 Å². The molecule has 1 aromatic rings. The van der Waals surface area contributed by atoms with Crippen molar-refractivity contribution >= 4 is 11.3 Å². The van der Waals surface area contributed by atoms with Gasteiger partial charge in [0.1, 0.15) is 0 Å². The van der Waals surface area contributed by atoms with Crippen molar-refractivity contribution in [2.45, 2.75) is 34.2 Å². The lowest BCUT2D eigenvalue weighted by Crippen LogP contribution is -2.26.